The summed E-state index contributed by atoms with van der Waals surface area (Å²) in [5.41, 5.74) is 1.31. The Kier molecular flexibility index (Phi) is 9.17. The summed E-state index contributed by atoms with van der Waals surface area (Å²) >= 11 is 5.02. The van der Waals surface area contributed by atoms with E-state index in [4.69, 9.17) is 4.74 Å². The summed E-state index contributed by atoms with van der Waals surface area (Å²) in [6.45, 7) is 3.27. The first-order valence-electron chi connectivity index (χ1n) is 10.5. The Bertz CT molecular complexity index is 1090. The number of thiophene rings is 1. The molecule has 3 aromatic rings. The van der Waals surface area contributed by atoms with Crippen molar-refractivity contribution >= 4 is 39.1 Å². The fourth-order valence-corrected chi connectivity index (χ4v) is 4.63. The first kappa shape index (κ1) is 25.1. The molecule has 0 bridgehead atoms. The van der Waals surface area contributed by atoms with Crippen molar-refractivity contribution in [1.82, 2.24) is 9.80 Å². The van der Waals surface area contributed by atoms with Crippen LogP contribution in [0.15, 0.2) is 65.1 Å². The normalized spacial score (nSPS) is 10.8. The van der Waals surface area contributed by atoms with Crippen LogP contribution in [0.1, 0.15) is 25.7 Å². The van der Waals surface area contributed by atoms with Crippen LogP contribution < -0.4 is 0 Å². The van der Waals surface area contributed by atoms with E-state index in [-0.39, 0.29) is 30.7 Å². The summed E-state index contributed by atoms with van der Waals surface area (Å²) in [7, 11) is 1.56. The van der Waals surface area contributed by atoms with Gasteiger partial charge >= 0.3 is 0 Å². The summed E-state index contributed by atoms with van der Waals surface area (Å²) in [6.07, 6.45) is 0. The largest absolute Gasteiger partial charge is 0.383 e. The molecule has 0 radical (unpaired) electrons. The lowest BCUT2D eigenvalue weighted by atomic mass is 10.2. The smallest absolute Gasteiger partial charge is 0.254 e. The molecule has 0 aliphatic heterocycles. The number of halogens is 2. The zero-order valence-corrected chi connectivity index (χ0v) is 21.0. The van der Waals surface area contributed by atoms with Crippen LogP contribution in [0.4, 0.5) is 4.39 Å². The van der Waals surface area contributed by atoms with E-state index in [1.807, 2.05) is 25.1 Å². The molecule has 0 N–H and O–H groups in total. The molecule has 1 aromatic heterocycles. The van der Waals surface area contributed by atoms with Gasteiger partial charge in [0.2, 0.25) is 5.91 Å². The van der Waals surface area contributed by atoms with Crippen LogP contribution in [0.2, 0.25) is 0 Å². The molecule has 0 atom stereocenters. The van der Waals surface area contributed by atoms with Crippen LogP contribution in [-0.2, 0) is 22.6 Å². The molecule has 0 spiro atoms. The van der Waals surface area contributed by atoms with Crippen LogP contribution in [0.25, 0.3) is 0 Å². The lowest BCUT2D eigenvalue weighted by Crippen LogP contribution is -2.43. The second-order valence-corrected chi connectivity index (χ2v) is 9.91. The van der Waals surface area contributed by atoms with E-state index < -0.39 is 0 Å². The van der Waals surface area contributed by atoms with Crippen LogP contribution in [-0.4, -0.2) is 48.4 Å². The van der Waals surface area contributed by atoms with Crippen molar-refractivity contribution < 1.29 is 18.7 Å². The van der Waals surface area contributed by atoms with Crippen molar-refractivity contribution in [3.63, 3.8) is 0 Å². The van der Waals surface area contributed by atoms with E-state index in [9.17, 15) is 14.0 Å². The third kappa shape index (κ3) is 7.48. The molecule has 8 heteroatoms. The van der Waals surface area contributed by atoms with Gasteiger partial charge in [-0.25, -0.2) is 4.39 Å². The van der Waals surface area contributed by atoms with Crippen molar-refractivity contribution in [2.24, 2.45) is 0 Å². The summed E-state index contributed by atoms with van der Waals surface area (Å²) in [5.74, 6) is -0.754. The van der Waals surface area contributed by atoms with E-state index in [2.05, 4.69) is 15.9 Å². The minimum Gasteiger partial charge on any atom is -0.383 e. The van der Waals surface area contributed by atoms with Gasteiger partial charge in [0.25, 0.3) is 5.91 Å². The van der Waals surface area contributed by atoms with Gasteiger partial charge in [0.1, 0.15) is 12.4 Å². The van der Waals surface area contributed by atoms with Crippen LogP contribution >= 0.6 is 27.3 Å². The van der Waals surface area contributed by atoms with Crippen molar-refractivity contribution in [2.75, 3.05) is 26.8 Å². The Morgan fingerprint density at radius 1 is 1.03 bits per heavy atom. The van der Waals surface area contributed by atoms with Gasteiger partial charge in [-0.15, -0.1) is 11.3 Å². The van der Waals surface area contributed by atoms with Crippen LogP contribution in [0.5, 0.6) is 0 Å². The molecule has 2 aromatic carbocycles. The van der Waals surface area contributed by atoms with E-state index in [1.165, 1.54) is 17.0 Å². The zero-order chi connectivity index (χ0) is 23.8. The molecule has 0 fully saturated rings. The highest BCUT2D eigenvalue weighted by molar-refractivity contribution is 9.10. The average molecular weight is 533 g/mol. The number of nitrogens with zero attached hydrogens (tertiary/aromatic N) is 2. The molecule has 5 nitrogen and oxygen atoms in total. The Morgan fingerprint density at radius 2 is 1.79 bits per heavy atom. The maximum absolute atomic E-state index is 13.4. The monoisotopic (exact) mass is 532 g/mol. The molecule has 0 saturated heterocycles. The van der Waals surface area contributed by atoms with Gasteiger partial charge in [0.05, 0.1) is 13.2 Å². The Morgan fingerprint density at radius 3 is 2.42 bits per heavy atom. The third-order valence-corrected chi connectivity index (χ3v) is 6.51. The number of benzene rings is 2. The van der Waals surface area contributed by atoms with Crippen molar-refractivity contribution in [2.45, 2.75) is 20.0 Å². The minimum atomic E-state index is -0.323. The number of carbonyl (C=O) groups excluding carboxylic acids is 2. The van der Waals surface area contributed by atoms with Gasteiger partial charge in [-0.2, -0.15) is 0 Å². The Labute approximate surface area is 205 Å². The first-order chi connectivity index (χ1) is 15.9. The van der Waals surface area contributed by atoms with Crippen molar-refractivity contribution in [3.05, 3.63) is 91.8 Å². The summed E-state index contributed by atoms with van der Waals surface area (Å²) in [6, 6.07) is 17.2. The van der Waals surface area contributed by atoms with E-state index >= 15 is 0 Å². The van der Waals surface area contributed by atoms with Gasteiger partial charge in [-0.05, 0) is 55.0 Å². The van der Waals surface area contributed by atoms with E-state index in [1.54, 1.807) is 53.7 Å². The van der Waals surface area contributed by atoms with Gasteiger partial charge < -0.3 is 14.5 Å². The summed E-state index contributed by atoms with van der Waals surface area (Å²) < 4.78 is 19.3. The van der Waals surface area contributed by atoms with Crippen molar-refractivity contribution in [3.8, 4) is 0 Å². The lowest BCUT2D eigenvalue weighted by molar-refractivity contribution is -0.133. The van der Waals surface area contributed by atoms with Gasteiger partial charge in [0, 0.05) is 40.0 Å². The first-order valence-corrected chi connectivity index (χ1v) is 12.1. The molecular formula is C25H26BrFN2O3S. The maximum atomic E-state index is 13.4. The molecular weight excluding hydrogens is 507 g/mol. The quantitative estimate of drug-likeness (QED) is 0.357. The number of methoxy groups -OCH3 is 1. The lowest BCUT2D eigenvalue weighted by Gasteiger charge is -2.27. The van der Waals surface area contributed by atoms with Gasteiger partial charge in [-0.3, -0.25) is 9.59 Å². The second kappa shape index (κ2) is 12.1. The fourth-order valence-electron chi connectivity index (χ4n) is 3.32. The molecule has 2 amide bonds. The highest BCUT2D eigenvalue weighted by Crippen LogP contribution is 2.20. The number of rotatable bonds is 10. The Hall–Kier alpha value is -2.55. The molecule has 33 heavy (non-hydrogen) atoms. The molecule has 0 aliphatic rings. The predicted octanol–water partition coefficient (Wildman–Crippen LogP) is 5.28. The zero-order valence-electron chi connectivity index (χ0n) is 18.6. The topological polar surface area (TPSA) is 49.9 Å². The Balaban J connectivity index is 1.81. The SMILES string of the molecule is COCCN(CC(=O)N(Cc1ccc(F)cc1)Cc1ccc(C)s1)C(=O)c1cccc(Br)c1. The highest BCUT2D eigenvalue weighted by atomic mass is 79.9. The second-order valence-electron chi connectivity index (χ2n) is 7.62. The summed E-state index contributed by atoms with van der Waals surface area (Å²) in [5, 5.41) is 0. The average Bonchev–Trinajstić information content (AvgIpc) is 3.21. The molecule has 174 valence electrons. The number of hydrogen-bond acceptors (Lipinski definition) is 4. The number of amides is 2. The number of carbonyl (C=O) groups is 2. The molecule has 0 saturated carbocycles. The molecule has 0 unspecified atom stereocenters. The highest BCUT2D eigenvalue weighted by Gasteiger charge is 2.23. The predicted molar refractivity (Wildman–Crippen MR) is 132 cm³/mol. The van der Waals surface area contributed by atoms with E-state index in [0.29, 0.717) is 25.3 Å². The standard InChI is InChI=1S/C25H26BrFN2O3S/c1-18-6-11-23(33-18)16-29(15-19-7-9-22(27)10-8-19)24(30)17-28(12-13-32-2)25(31)20-4-3-5-21(26)14-20/h3-11,14H,12-13,15-17H2,1-2H3. The molecule has 1 heterocycles. The van der Waals surface area contributed by atoms with Crippen molar-refractivity contribution in [1.29, 1.82) is 0 Å². The summed E-state index contributed by atoms with van der Waals surface area (Å²) in [4.78, 5) is 32.0. The van der Waals surface area contributed by atoms with Crippen LogP contribution in [0.3, 0.4) is 0 Å². The number of hydrogen-bond donors (Lipinski definition) is 0. The van der Waals surface area contributed by atoms with Gasteiger partial charge in [0.15, 0.2) is 0 Å². The fraction of sp³-hybridized carbons (Fsp3) is 0.280. The minimum absolute atomic E-state index is 0.0831. The number of aryl methyl sites for hydroxylation is 1. The number of ether oxygens (including phenoxy) is 1. The third-order valence-electron chi connectivity index (χ3n) is 5.03. The van der Waals surface area contributed by atoms with Gasteiger partial charge in [-0.1, -0.05) is 34.1 Å². The molecule has 3 rings (SSSR count). The maximum Gasteiger partial charge on any atom is 0.254 e. The molecule has 0 aliphatic carbocycles. The van der Waals surface area contributed by atoms with E-state index in [0.717, 1.165) is 19.8 Å². The van der Waals surface area contributed by atoms with Crippen LogP contribution in [0, 0.1) is 12.7 Å².